The van der Waals surface area contributed by atoms with Gasteiger partial charge in [-0.1, -0.05) is 176 Å². The van der Waals surface area contributed by atoms with Gasteiger partial charge in [-0.05, 0) is 93.7 Å². The van der Waals surface area contributed by atoms with E-state index in [0.29, 0.717) is 0 Å². The number of benzene rings is 9. The lowest BCUT2D eigenvalue weighted by Crippen LogP contribution is -1.92. The summed E-state index contributed by atoms with van der Waals surface area (Å²) in [5, 5.41) is 10.2. The maximum atomic E-state index is 2.38. The van der Waals surface area contributed by atoms with E-state index in [-0.39, 0.29) is 0 Å². The molecule has 0 nitrogen and oxygen atoms in total. The Labute approximate surface area is 268 Å². The largest absolute Gasteiger partial charge is 0.0622 e. The van der Waals surface area contributed by atoms with Crippen LogP contribution in [0, 0.1) is 0 Å². The highest BCUT2D eigenvalue weighted by molar-refractivity contribution is 6.23. The molecule has 9 aromatic rings. The van der Waals surface area contributed by atoms with Crippen LogP contribution in [0.3, 0.4) is 0 Å². The van der Waals surface area contributed by atoms with Gasteiger partial charge in [-0.3, -0.25) is 0 Å². The van der Waals surface area contributed by atoms with Crippen molar-refractivity contribution in [3.05, 3.63) is 182 Å². The van der Waals surface area contributed by atoms with E-state index in [1.165, 1.54) is 87.6 Å². The molecular weight excluding hydrogens is 553 g/mol. The first-order valence-electron chi connectivity index (χ1n) is 15.9. The predicted octanol–water partition coefficient (Wildman–Crippen LogP) is 13.0. The summed E-state index contributed by atoms with van der Waals surface area (Å²) >= 11 is 0. The van der Waals surface area contributed by atoms with Crippen molar-refractivity contribution < 1.29 is 0 Å². The Kier molecular flexibility index (Phi) is 6.25. The third-order valence-corrected chi connectivity index (χ3v) is 9.46. The molecule has 46 heavy (non-hydrogen) atoms. The smallest absolute Gasteiger partial charge is 0.00201 e. The average Bonchev–Trinajstić information content (AvgIpc) is 3.13. The molecule has 0 atom stereocenters. The summed E-state index contributed by atoms with van der Waals surface area (Å²) in [6.45, 7) is 0. The van der Waals surface area contributed by atoms with E-state index in [9.17, 15) is 0 Å². The Bertz CT molecular complexity index is 2510. The van der Waals surface area contributed by atoms with E-state index in [1.54, 1.807) is 0 Å². The Hall–Kier alpha value is -5.98. The van der Waals surface area contributed by atoms with Crippen LogP contribution in [0.2, 0.25) is 0 Å². The summed E-state index contributed by atoms with van der Waals surface area (Å²) in [7, 11) is 0. The summed E-state index contributed by atoms with van der Waals surface area (Å²) in [5.74, 6) is 0. The first-order valence-corrected chi connectivity index (χ1v) is 15.9. The molecule has 0 aliphatic carbocycles. The SMILES string of the molecule is c1ccc(-c2ccc(-c3cccc(-c4c5ccccc5c(-c5cccc6ccccc56)c5ccccc45)c3)c3ccccc23)cc1. The molecule has 0 saturated heterocycles. The zero-order valence-corrected chi connectivity index (χ0v) is 25.3. The molecule has 0 heteroatoms. The van der Waals surface area contributed by atoms with Crippen LogP contribution in [0.1, 0.15) is 0 Å². The van der Waals surface area contributed by atoms with Crippen LogP contribution in [-0.4, -0.2) is 0 Å². The molecule has 0 saturated carbocycles. The van der Waals surface area contributed by atoms with Crippen molar-refractivity contribution in [3.8, 4) is 44.5 Å². The second-order valence-electron chi connectivity index (χ2n) is 12.0. The van der Waals surface area contributed by atoms with E-state index in [2.05, 4.69) is 182 Å². The van der Waals surface area contributed by atoms with Crippen LogP contribution in [0.15, 0.2) is 182 Å². The molecule has 0 unspecified atom stereocenters. The Morgan fingerprint density at radius 3 is 1.30 bits per heavy atom. The zero-order valence-electron chi connectivity index (χ0n) is 25.3. The fraction of sp³-hybridized carbons (Fsp3) is 0. The van der Waals surface area contributed by atoms with Crippen molar-refractivity contribution in [3.63, 3.8) is 0 Å². The van der Waals surface area contributed by atoms with Gasteiger partial charge in [0.05, 0.1) is 0 Å². The highest BCUT2D eigenvalue weighted by atomic mass is 14.2. The topological polar surface area (TPSA) is 0 Å². The highest BCUT2D eigenvalue weighted by Crippen LogP contribution is 2.46. The van der Waals surface area contributed by atoms with Crippen molar-refractivity contribution in [2.24, 2.45) is 0 Å². The summed E-state index contributed by atoms with van der Waals surface area (Å²) in [6.07, 6.45) is 0. The van der Waals surface area contributed by atoms with E-state index in [4.69, 9.17) is 0 Å². The van der Waals surface area contributed by atoms with Crippen LogP contribution < -0.4 is 0 Å². The summed E-state index contributed by atoms with van der Waals surface area (Å²) < 4.78 is 0. The van der Waals surface area contributed by atoms with Crippen molar-refractivity contribution in [2.75, 3.05) is 0 Å². The monoisotopic (exact) mass is 582 g/mol. The van der Waals surface area contributed by atoms with Crippen LogP contribution in [0.25, 0.3) is 87.6 Å². The van der Waals surface area contributed by atoms with Gasteiger partial charge >= 0.3 is 0 Å². The third-order valence-electron chi connectivity index (χ3n) is 9.46. The Balaban J connectivity index is 1.30. The zero-order chi connectivity index (χ0) is 30.5. The Morgan fingerprint density at radius 1 is 0.217 bits per heavy atom. The van der Waals surface area contributed by atoms with Gasteiger partial charge in [-0.2, -0.15) is 0 Å². The van der Waals surface area contributed by atoms with Crippen molar-refractivity contribution in [1.29, 1.82) is 0 Å². The van der Waals surface area contributed by atoms with Crippen molar-refractivity contribution in [1.82, 2.24) is 0 Å². The number of rotatable bonds is 4. The van der Waals surface area contributed by atoms with Gasteiger partial charge in [0.15, 0.2) is 0 Å². The first-order chi connectivity index (χ1) is 22.8. The van der Waals surface area contributed by atoms with E-state index < -0.39 is 0 Å². The molecule has 9 aromatic carbocycles. The summed E-state index contributed by atoms with van der Waals surface area (Å²) in [5.41, 5.74) is 10.0. The van der Waals surface area contributed by atoms with Crippen LogP contribution in [0.4, 0.5) is 0 Å². The van der Waals surface area contributed by atoms with Crippen molar-refractivity contribution in [2.45, 2.75) is 0 Å². The van der Waals surface area contributed by atoms with Gasteiger partial charge in [-0.25, -0.2) is 0 Å². The molecule has 0 spiro atoms. The lowest BCUT2D eigenvalue weighted by Gasteiger charge is -2.19. The summed E-state index contributed by atoms with van der Waals surface area (Å²) in [4.78, 5) is 0. The molecule has 9 rings (SSSR count). The average molecular weight is 583 g/mol. The third kappa shape index (κ3) is 4.23. The van der Waals surface area contributed by atoms with Crippen LogP contribution in [-0.2, 0) is 0 Å². The van der Waals surface area contributed by atoms with Gasteiger partial charge in [0.1, 0.15) is 0 Å². The molecule has 0 aliphatic heterocycles. The quantitative estimate of drug-likeness (QED) is 0.181. The van der Waals surface area contributed by atoms with Gasteiger partial charge < -0.3 is 0 Å². The molecule has 214 valence electrons. The van der Waals surface area contributed by atoms with Gasteiger partial charge in [-0.15, -0.1) is 0 Å². The molecule has 0 bridgehead atoms. The van der Waals surface area contributed by atoms with E-state index in [0.717, 1.165) is 0 Å². The minimum absolute atomic E-state index is 1.22. The first kappa shape index (κ1) is 26.4. The number of hydrogen-bond acceptors (Lipinski definition) is 0. The lowest BCUT2D eigenvalue weighted by molar-refractivity contribution is 1.62. The lowest BCUT2D eigenvalue weighted by atomic mass is 9.84. The molecule has 0 radical (unpaired) electrons. The van der Waals surface area contributed by atoms with Gasteiger partial charge in [0.25, 0.3) is 0 Å². The normalized spacial score (nSPS) is 11.5. The molecule has 0 heterocycles. The van der Waals surface area contributed by atoms with Crippen LogP contribution in [0.5, 0.6) is 0 Å². The number of hydrogen-bond donors (Lipinski definition) is 0. The second-order valence-corrected chi connectivity index (χ2v) is 12.0. The second kappa shape index (κ2) is 10.9. The van der Waals surface area contributed by atoms with Crippen LogP contribution >= 0.6 is 0 Å². The predicted molar refractivity (Wildman–Crippen MR) is 198 cm³/mol. The molecule has 0 aliphatic rings. The highest BCUT2D eigenvalue weighted by Gasteiger charge is 2.18. The maximum Gasteiger partial charge on any atom is -0.00201 e. The fourth-order valence-electron chi connectivity index (χ4n) is 7.44. The van der Waals surface area contributed by atoms with Gasteiger partial charge in [0, 0.05) is 0 Å². The summed E-state index contributed by atoms with van der Waals surface area (Å²) in [6, 6.07) is 66.5. The molecule has 0 amide bonds. The van der Waals surface area contributed by atoms with Crippen molar-refractivity contribution >= 4 is 43.1 Å². The fourth-order valence-corrected chi connectivity index (χ4v) is 7.44. The minimum Gasteiger partial charge on any atom is -0.0622 e. The van der Waals surface area contributed by atoms with Gasteiger partial charge in [0.2, 0.25) is 0 Å². The standard InChI is InChI=1S/C46H30/c1-2-14-31(15-3-1)36-28-29-37(39-22-7-6-21-38(36)39)33-18-12-19-34(30-33)45-41-23-8-10-25-43(41)46(44-26-11-9-24-42(44)45)40-27-13-17-32-16-4-5-20-35(32)40/h1-30H. The molecule has 0 fully saturated rings. The molecular formula is C46H30. The van der Waals surface area contributed by atoms with E-state index in [1.807, 2.05) is 0 Å². The Morgan fingerprint density at radius 2 is 0.652 bits per heavy atom. The van der Waals surface area contributed by atoms with E-state index >= 15 is 0 Å². The molecule has 0 aromatic heterocycles. The number of fused-ring (bicyclic) bond motifs is 4. The maximum absolute atomic E-state index is 2.38. The molecule has 0 N–H and O–H groups in total. The minimum atomic E-state index is 1.22.